The topological polar surface area (TPSA) is 25.8 Å². The number of hydrogen-bond donors (Lipinski definition) is 0. The van der Waals surface area contributed by atoms with Crippen LogP contribution in [-0.2, 0) is 6.42 Å². The summed E-state index contributed by atoms with van der Waals surface area (Å²) in [4.78, 5) is 8.80. The molecule has 88 valence electrons. The molecule has 1 aromatic heterocycles. The fraction of sp³-hybridized carbons (Fsp3) is 0.286. The molecule has 0 saturated heterocycles. The van der Waals surface area contributed by atoms with Gasteiger partial charge in [0.15, 0.2) is 0 Å². The van der Waals surface area contributed by atoms with Crippen LogP contribution < -0.4 is 0 Å². The SMILES string of the molecule is CC(C)Cc1nc(Cl)cc(-c2ccccc2)n1. The molecule has 0 radical (unpaired) electrons. The lowest BCUT2D eigenvalue weighted by Crippen LogP contribution is -2.02. The maximum Gasteiger partial charge on any atom is 0.133 e. The summed E-state index contributed by atoms with van der Waals surface area (Å²) in [5.41, 5.74) is 1.96. The molecular weight excluding hydrogens is 232 g/mol. The van der Waals surface area contributed by atoms with Gasteiger partial charge in [-0.2, -0.15) is 0 Å². The third-order valence-corrected chi connectivity index (χ3v) is 2.60. The van der Waals surface area contributed by atoms with Crippen LogP contribution in [0.15, 0.2) is 36.4 Å². The van der Waals surface area contributed by atoms with Crippen LogP contribution in [0, 0.1) is 5.92 Å². The summed E-state index contributed by atoms with van der Waals surface area (Å²) >= 11 is 6.03. The molecule has 0 fully saturated rings. The lowest BCUT2D eigenvalue weighted by molar-refractivity contribution is 0.621. The van der Waals surface area contributed by atoms with E-state index in [-0.39, 0.29) is 0 Å². The Labute approximate surface area is 107 Å². The van der Waals surface area contributed by atoms with Gasteiger partial charge in [-0.3, -0.25) is 0 Å². The van der Waals surface area contributed by atoms with Crippen LogP contribution >= 0.6 is 11.6 Å². The molecule has 0 N–H and O–H groups in total. The normalized spacial score (nSPS) is 10.8. The molecule has 0 aliphatic carbocycles. The monoisotopic (exact) mass is 246 g/mol. The first-order valence-corrected chi connectivity index (χ1v) is 6.12. The Hall–Kier alpha value is -1.41. The predicted molar refractivity (Wildman–Crippen MR) is 71.0 cm³/mol. The van der Waals surface area contributed by atoms with Crippen molar-refractivity contribution in [3.05, 3.63) is 47.4 Å². The van der Waals surface area contributed by atoms with Crippen molar-refractivity contribution in [2.75, 3.05) is 0 Å². The van der Waals surface area contributed by atoms with Crippen LogP contribution in [0.3, 0.4) is 0 Å². The van der Waals surface area contributed by atoms with Crippen LogP contribution in [0.4, 0.5) is 0 Å². The minimum atomic E-state index is 0.509. The van der Waals surface area contributed by atoms with Crippen molar-refractivity contribution >= 4 is 11.6 Å². The minimum Gasteiger partial charge on any atom is -0.233 e. The molecule has 17 heavy (non-hydrogen) atoms. The first kappa shape index (κ1) is 12.1. The van der Waals surface area contributed by atoms with Gasteiger partial charge in [0.05, 0.1) is 5.69 Å². The van der Waals surface area contributed by atoms with Gasteiger partial charge in [-0.1, -0.05) is 55.8 Å². The van der Waals surface area contributed by atoms with Crippen LogP contribution in [0.5, 0.6) is 0 Å². The molecule has 0 atom stereocenters. The maximum absolute atomic E-state index is 6.03. The molecule has 2 nitrogen and oxygen atoms in total. The molecule has 0 unspecified atom stereocenters. The van der Waals surface area contributed by atoms with Gasteiger partial charge in [-0.25, -0.2) is 9.97 Å². The van der Waals surface area contributed by atoms with Crippen molar-refractivity contribution in [3.63, 3.8) is 0 Å². The predicted octanol–water partition coefficient (Wildman–Crippen LogP) is 4.00. The van der Waals surface area contributed by atoms with Gasteiger partial charge >= 0.3 is 0 Å². The Morgan fingerprint density at radius 3 is 2.47 bits per heavy atom. The van der Waals surface area contributed by atoms with Crippen LogP contribution in [0.1, 0.15) is 19.7 Å². The largest absolute Gasteiger partial charge is 0.233 e. The molecule has 0 bridgehead atoms. The van der Waals surface area contributed by atoms with E-state index in [1.807, 2.05) is 30.3 Å². The molecule has 0 saturated carbocycles. The van der Waals surface area contributed by atoms with E-state index in [9.17, 15) is 0 Å². The molecule has 1 heterocycles. The fourth-order valence-corrected chi connectivity index (χ4v) is 1.88. The van der Waals surface area contributed by atoms with Crippen LogP contribution in [0.25, 0.3) is 11.3 Å². The Kier molecular flexibility index (Phi) is 3.75. The highest BCUT2D eigenvalue weighted by Gasteiger charge is 2.06. The second-order valence-corrected chi connectivity index (χ2v) is 4.84. The first-order chi connectivity index (χ1) is 8.15. The van der Waals surface area contributed by atoms with Crippen molar-refractivity contribution in [1.29, 1.82) is 0 Å². The van der Waals surface area contributed by atoms with Gasteiger partial charge in [0.25, 0.3) is 0 Å². The molecule has 0 aliphatic heterocycles. The Morgan fingerprint density at radius 2 is 1.82 bits per heavy atom. The summed E-state index contributed by atoms with van der Waals surface area (Å²) in [6.45, 7) is 4.29. The second kappa shape index (κ2) is 5.28. The highest BCUT2D eigenvalue weighted by Crippen LogP contribution is 2.20. The third kappa shape index (κ3) is 3.27. The number of hydrogen-bond acceptors (Lipinski definition) is 2. The molecule has 1 aromatic carbocycles. The van der Waals surface area contributed by atoms with Crippen LogP contribution in [0.2, 0.25) is 5.15 Å². The van der Waals surface area contributed by atoms with Gasteiger partial charge < -0.3 is 0 Å². The van der Waals surface area contributed by atoms with E-state index in [4.69, 9.17) is 11.6 Å². The first-order valence-electron chi connectivity index (χ1n) is 5.74. The molecule has 0 spiro atoms. The number of rotatable bonds is 3. The summed E-state index contributed by atoms with van der Waals surface area (Å²) < 4.78 is 0. The Bertz CT molecular complexity index is 495. The quantitative estimate of drug-likeness (QED) is 0.765. The zero-order valence-electron chi connectivity index (χ0n) is 10.0. The van der Waals surface area contributed by atoms with E-state index in [1.165, 1.54) is 0 Å². The van der Waals surface area contributed by atoms with E-state index in [0.717, 1.165) is 23.5 Å². The molecule has 2 aromatic rings. The number of aromatic nitrogens is 2. The van der Waals surface area contributed by atoms with E-state index in [2.05, 4.69) is 23.8 Å². The maximum atomic E-state index is 6.03. The Balaban J connectivity index is 2.38. The highest BCUT2D eigenvalue weighted by atomic mass is 35.5. The summed E-state index contributed by atoms with van der Waals surface area (Å²) in [7, 11) is 0. The van der Waals surface area contributed by atoms with Crippen molar-refractivity contribution in [1.82, 2.24) is 9.97 Å². The molecule has 3 heteroatoms. The van der Waals surface area contributed by atoms with Gasteiger partial charge in [0.1, 0.15) is 11.0 Å². The molecule has 0 amide bonds. The Morgan fingerprint density at radius 1 is 1.12 bits per heavy atom. The smallest absolute Gasteiger partial charge is 0.133 e. The standard InChI is InChI=1S/C14H15ClN2/c1-10(2)8-14-16-12(9-13(15)17-14)11-6-4-3-5-7-11/h3-7,9-10H,8H2,1-2H3. The van der Waals surface area contributed by atoms with Gasteiger partial charge in [-0.15, -0.1) is 0 Å². The number of benzene rings is 1. The van der Waals surface area contributed by atoms with E-state index in [0.29, 0.717) is 11.1 Å². The number of halogens is 1. The summed E-state index contributed by atoms with van der Waals surface area (Å²) in [5, 5.41) is 0.509. The van der Waals surface area contributed by atoms with Gasteiger partial charge in [0.2, 0.25) is 0 Å². The molecule has 0 aliphatic rings. The average Bonchev–Trinajstić information content (AvgIpc) is 2.28. The zero-order chi connectivity index (χ0) is 12.3. The number of nitrogens with zero attached hydrogens (tertiary/aromatic N) is 2. The zero-order valence-corrected chi connectivity index (χ0v) is 10.8. The van der Waals surface area contributed by atoms with Gasteiger partial charge in [-0.05, 0) is 5.92 Å². The van der Waals surface area contributed by atoms with Crippen molar-refractivity contribution in [2.24, 2.45) is 5.92 Å². The van der Waals surface area contributed by atoms with Crippen molar-refractivity contribution < 1.29 is 0 Å². The van der Waals surface area contributed by atoms with Crippen molar-refractivity contribution in [2.45, 2.75) is 20.3 Å². The van der Waals surface area contributed by atoms with Gasteiger partial charge in [0, 0.05) is 18.1 Å². The lowest BCUT2D eigenvalue weighted by atomic mass is 10.1. The lowest BCUT2D eigenvalue weighted by Gasteiger charge is -2.07. The fourth-order valence-electron chi connectivity index (χ4n) is 1.68. The van der Waals surface area contributed by atoms with E-state index < -0.39 is 0 Å². The molecular formula is C14H15ClN2. The summed E-state index contributed by atoms with van der Waals surface area (Å²) in [6.07, 6.45) is 0.848. The van der Waals surface area contributed by atoms with Crippen LogP contribution in [-0.4, -0.2) is 9.97 Å². The summed E-state index contributed by atoms with van der Waals surface area (Å²) in [5.74, 6) is 1.34. The second-order valence-electron chi connectivity index (χ2n) is 4.46. The summed E-state index contributed by atoms with van der Waals surface area (Å²) in [6, 6.07) is 11.8. The highest BCUT2D eigenvalue weighted by molar-refractivity contribution is 6.29. The minimum absolute atomic E-state index is 0.509. The average molecular weight is 247 g/mol. The van der Waals surface area contributed by atoms with E-state index >= 15 is 0 Å². The third-order valence-electron chi connectivity index (χ3n) is 2.40. The van der Waals surface area contributed by atoms with Crippen molar-refractivity contribution in [3.8, 4) is 11.3 Å². The molecule has 2 rings (SSSR count). The van der Waals surface area contributed by atoms with E-state index in [1.54, 1.807) is 6.07 Å².